The van der Waals surface area contributed by atoms with Crippen LogP contribution in [-0.2, 0) is 20.8 Å². The van der Waals surface area contributed by atoms with Gasteiger partial charge in [-0.3, -0.25) is 14.4 Å². The number of likely N-dealkylation sites (tertiary alicyclic amines) is 1. The van der Waals surface area contributed by atoms with Crippen molar-refractivity contribution < 1.29 is 24.6 Å². The Bertz CT molecular complexity index is 1100. The zero-order valence-corrected chi connectivity index (χ0v) is 23.4. The number of nitrogens with zero attached hydrogens (tertiary/aromatic N) is 1. The zero-order chi connectivity index (χ0) is 28.4. The minimum absolute atomic E-state index is 0.000927. The van der Waals surface area contributed by atoms with E-state index in [0.29, 0.717) is 19.5 Å². The minimum Gasteiger partial charge on any atom is -0.392 e. The third-order valence-electron chi connectivity index (χ3n) is 7.39. The molecule has 214 valence electrons. The molecule has 4 unspecified atom stereocenters. The summed E-state index contributed by atoms with van der Waals surface area (Å²) in [7, 11) is 0. The normalized spacial score (nSPS) is 17.7. The Morgan fingerprint density at radius 2 is 1.72 bits per heavy atom. The smallest absolute Gasteiger partial charge is 0.243 e. The van der Waals surface area contributed by atoms with Crippen LogP contribution >= 0.6 is 0 Å². The van der Waals surface area contributed by atoms with E-state index < -0.39 is 30.2 Å². The van der Waals surface area contributed by atoms with Crippen molar-refractivity contribution >= 4 is 28.5 Å². The summed E-state index contributed by atoms with van der Waals surface area (Å²) < 4.78 is 0. The van der Waals surface area contributed by atoms with Gasteiger partial charge < -0.3 is 31.1 Å². The quantitative estimate of drug-likeness (QED) is 0.248. The molecule has 2 aromatic carbocycles. The minimum atomic E-state index is -0.873. The summed E-state index contributed by atoms with van der Waals surface area (Å²) in [6, 6.07) is 12.4. The van der Waals surface area contributed by atoms with E-state index in [1.54, 1.807) is 11.8 Å². The van der Waals surface area contributed by atoms with Crippen LogP contribution in [0.3, 0.4) is 0 Å². The van der Waals surface area contributed by atoms with E-state index in [4.69, 9.17) is 0 Å². The lowest BCUT2D eigenvalue weighted by atomic mass is 10.00. The van der Waals surface area contributed by atoms with E-state index in [1.807, 2.05) is 56.3 Å². The molecule has 1 aliphatic heterocycles. The van der Waals surface area contributed by atoms with E-state index in [2.05, 4.69) is 16.0 Å². The first-order chi connectivity index (χ1) is 18.7. The van der Waals surface area contributed by atoms with E-state index in [-0.39, 0.29) is 37.2 Å². The highest BCUT2D eigenvalue weighted by molar-refractivity contribution is 5.93. The average molecular weight is 541 g/mol. The van der Waals surface area contributed by atoms with Gasteiger partial charge in [0.2, 0.25) is 17.7 Å². The molecule has 5 N–H and O–H groups in total. The van der Waals surface area contributed by atoms with Crippen LogP contribution in [0.25, 0.3) is 10.8 Å². The second-order valence-corrected chi connectivity index (χ2v) is 10.6. The molecule has 39 heavy (non-hydrogen) atoms. The van der Waals surface area contributed by atoms with Crippen LogP contribution in [0, 0.1) is 5.92 Å². The Morgan fingerprint density at radius 1 is 1.00 bits per heavy atom. The highest BCUT2D eigenvalue weighted by Gasteiger charge is 2.37. The van der Waals surface area contributed by atoms with Crippen molar-refractivity contribution in [2.45, 2.75) is 77.2 Å². The maximum atomic E-state index is 13.5. The molecular weight excluding hydrogens is 496 g/mol. The predicted molar refractivity (Wildman–Crippen MR) is 152 cm³/mol. The number of hydrogen-bond donors (Lipinski definition) is 5. The molecule has 0 radical (unpaired) electrons. The van der Waals surface area contributed by atoms with E-state index in [0.717, 1.165) is 35.6 Å². The molecule has 1 saturated heterocycles. The van der Waals surface area contributed by atoms with E-state index >= 15 is 0 Å². The van der Waals surface area contributed by atoms with Crippen LogP contribution in [-0.4, -0.2) is 83.3 Å². The first-order valence-corrected chi connectivity index (χ1v) is 14.2. The molecule has 0 bridgehead atoms. The Balaban J connectivity index is 1.72. The van der Waals surface area contributed by atoms with Gasteiger partial charge in [-0.2, -0.15) is 0 Å². The fourth-order valence-corrected chi connectivity index (χ4v) is 5.13. The first-order valence-electron chi connectivity index (χ1n) is 14.2. The Morgan fingerprint density at radius 3 is 2.41 bits per heavy atom. The van der Waals surface area contributed by atoms with Gasteiger partial charge in [-0.15, -0.1) is 0 Å². The van der Waals surface area contributed by atoms with Crippen molar-refractivity contribution in [3.63, 3.8) is 0 Å². The van der Waals surface area contributed by atoms with Gasteiger partial charge in [-0.05, 0) is 48.9 Å². The number of fused-ring (bicyclic) bond motifs is 1. The van der Waals surface area contributed by atoms with Crippen molar-refractivity contribution in [3.05, 3.63) is 48.0 Å². The van der Waals surface area contributed by atoms with Crippen LogP contribution in [0.4, 0.5) is 0 Å². The van der Waals surface area contributed by atoms with Crippen molar-refractivity contribution in [1.82, 2.24) is 20.9 Å². The van der Waals surface area contributed by atoms with Crippen molar-refractivity contribution in [1.29, 1.82) is 0 Å². The van der Waals surface area contributed by atoms with Crippen LogP contribution in [0.15, 0.2) is 42.5 Å². The van der Waals surface area contributed by atoms with Gasteiger partial charge in [-0.25, -0.2) is 0 Å². The van der Waals surface area contributed by atoms with Gasteiger partial charge in [0.05, 0.1) is 12.2 Å². The number of amides is 3. The Hall–Kier alpha value is -3.01. The van der Waals surface area contributed by atoms with Gasteiger partial charge in [0.25, 0.3) is 0 Å². The third kappa shape index (κ3) is 8.74. The second kappa shape index (κ2) is 15.0. The number of carbonyl (C=O) groups is 3. The first kappa shape index (κ1) is 30.5. The second-order valence-electron chi connectivity index (χ2n) is 10.6. The SMILES string of the molecule is CCC(CC)C(=O)N1CCCC1C(=O)NC(Cc1ccc2ccccc2c1)C(=O)NCC(O)CNCC(C)O. The van der Waals surface area contributed by atoms with Gasteiger partial charge in [-0.1, -0.05) is 56.3 Å². The highest BCUT2D eigenvalue weighted by atomic mass is 16.3. The summed E-state index contributed by atoms with van der Waals surface area (Å²) in [5.41, 5.74) is 0.893. The molecule has 0 saturated carbocycles. The monoisotopic (exact) mass is 540 g/mol. The van der Waals surface area contributed by atoms with Crippen molar-refractivity contribution in [2.75, 3.05) is 26.2 Å². The molecule has 1 aliphatic rings. The fourth-order valence-electron chi connectivity index (χ4n) is 5.13. The average Bonchev–Trinajstić information content (AvgIpc) is 3.42. The lowest BCUT2D eigenvalue weighted by Gasteiger charge is -2.29. The van der Waals surface area contributed by atoms with Gasteiger partial charge in [0, 0.05) is 38.5 Å². The molecule has 0 aromatic heterocycles. The fraction of sp³-hybridized carbons (Fsp3) is 0.567. The molecule has 9 nitrogen and oxygen atoms in total. The summed E-state index contributed by atoms with van der Waals surface area (Å²) >= 11 is 0. The van der Waals surface area contributed by atoms with E-state index in [9.17, 15) is 24.6 Å². The van der Waals surface area contributed by atoms with Crippen LogP contribution in [0.5, 0.6) is 0 Å². The maximum absolute atomic E-state index is 13.5. The number of carbonyl (C=O) groups excluding carboxylic acids is 3. The number of benzene rings is 2. The summed E-state index contributed by atoms with van der Waals surface area (Å²) in [4.78, 5) is 41.5. The number of aliphatic hydroxyl groups is 2. The number of nitrogens with one attached hydrogen (secondary N) is 3. The Kier molecular flexibility index (Phi) is 11.7. The molecule has 2 aromatic rings. The number of rotatable bonds is 14. The van der Waals surface area contributed by atoms with Crippen LogP contribution in [0.2, 0.25) is 0 Å². The van der Waals surface area contributed by atoms with Gasteiger partial charge in [0.1, 0.15) is 12.1 Å². The topological polar surface area (TPSA) is 131 Å². The largest absolute Gasteiger partial charge is 0.392 e. The molecule has 4 atom stereocenters. The molecule has 0 aliphatic carbocycles. The van der Waals surface area contributed by atoms with Gasteiger partial charge in [0.15, 0.2) is 0 Å². The summed E-state index contributed by atoms with van der Waals surface area (Å²) in [6.45, 7) is 6.69. The summed E-state index contributed by atoms with van der Waals surface area (Å²) in [5, 5.41) is 30.4. The van der Waals surface area contributed by atoms with E-state index in [1.165, 1.54) is 0 Å². The summed E-state index contributed by atoms with van der Waals surface area (Å²) in [6.07, 6.45) is 1.63. The molecular formula is C30H44N4O5. The number of hydrogen-bond acceptors (Lipinski definition) is 6. The van der Waals surface area contributed by atoms with Crippen LogP contribution in [0.1, 0.15) is 52.0 Å². The molecule has 9 heteroatoms. The summed E-state index contributed by atoms with van der Waals surface area (Å²) in [5.74, 6) is -0.839. The molecule has 3 amide bonds. The van der Waals surface area contributed by atoms with Gasteiger partial charge >= 0.3 is 0 Å². The molecule has 1 heterocycles. The predicted octanol–water partition coefficient (Wildman–Crippen LogP) is 1.74. The standard InChI is InChI=1S/C30H44N4O5/c1-4-22(5-2)30(39)34-14-8-11-27(34)29(38)33-26(28(37)32-19-25(36)18-31-17-20(3)35)16-21-12-13-23-9-6-7-10-24(23)15-21/h6-7,9-10,12-13,15,20,22,25-27,31,35-36H,4-5,8,11,14,16-19H2,1-3H3,(H,32,37)(H,33,38). The lowest BCUT2D eigenvalue weighted by molar-refractivity contribution is -0.142. The van der Waals surface area contributed by atoms with Crippen LogP contribution < -0.4 is 16.0 Å². The number of aliphatic hydroxyl groups excluding tert-OH is 2. The zero-order valence-electron chi connectivity index (χ0n) is 23.4. The molecule has 1 fully saturated rings. The highest BCUT2D eigenvalue weighted by Crippen LogP contribution is 2.23. The van der Waals surface area contributed by atoms with Crippen molar-refractivity contribution in [3.8, 4) is 0 Å². The third-order valence-corrected chi connectivity index (χ3v) is 7.39. The molecule has 0 spiro atoms. The van der Waals surface area contributed by atoms with Crippen molar-refractivity contribution in [2.24, 2.45) is 5.92 Å². The Labute approximate surface area is 231 Å². The maximum Gasteiger partial charge on any atom is 0.243 e. The molecule has 3 rings (SSSR count). The lowest BCUT2D eigenvalue weighted by Crippen LogP contribution is -2.55.